The van der Waals surface area contributed by atoms with Crippen LogP contribution in [0.15, 0.2) is 11.6 Å². The lowest BCUT2D eigenvalue weighted by molar-refractivity contribution is 0.140. The lowest BCUT2D eigenvalue weighted by Crippen LogP contribution is -2.43. The molecule has 3 nitrogen and oxygen atoms in total. The van der Waals surface area contributed by atoms with Gasteiger partial charge in [0.25, 0.3) is 0 Å². The summed E-state index contributed by atoms with van der Waals surface area (Å²) < 4.78 is 5.01. The second kappa shape index (κ2) is 6.81. The lowest BCUT2D eigenvalue weighted by atomic mass is 9.76. The molecule has 1 saturated carbocycles. The predicted molar refractivity (Wildman–Crippen MR) is 72.5 cm³/mol. The van der Waals surface area contributed by atoms with E-state index in [1.807, 2.05) is 6.92 Å². The van der Waals surface area contributed by atoms with E-state index < -0.39 is 0 Å². The van der Waals surface area contributed by atoms with Crippen molar-refractivity contribution in [2.24, 2.45) is 5.92 Å². The molecule has 2 aliphatic rings. The molecule has 1 amide bonds. The van der Waals surface area contributed by atoms with Crippen LogP contribution < -0.4 is 5.32 Å². The number of carbonyl (C=O) groups is 1. The minimum Gasteiger partial charge on any atom is -0.450 e. The molecule has 18 heavy (non-hydrogen) atoms. The molecule has 0 bridgehead atoms. The van der Waals surface area contributed by atoms with E-state index in [0.717, 1.165) is 6.42 Å². The van der Waals surface area contributed by atoms with Crippen LogP contribution in [0.5, 0.6) is 0 Å². The number of carbonyl (C=O) groups excluding carboxylic acids is 1. The van der Waals surface area contributed by atoms with Crippen LogP contribution >= 0.6 is 0 Å². The van der Waals surface area contributed by atoms with Crippen LogP contribution in [0.4, 0.5) is 4.79 Å². The predicted octanol–water partition coefficient (Wildman–Crippen LogP) is 3.79. The van der Waals surface area contributed by atoms with Gasteiger partial charge in [-0.3, -0.25) is 0 Å². The quantitative estimate of drug-likeness (QED) is 0.775. The molecule has 3 heteroatoms. The van der Waals surface area contributed by atoms with Gasteiger partial charge in [0, 0.05) is 12.0 Å². The van der Waals surface area contributed by atoms with Crippen LogP contribution in [0.25, 0.3) is 0 Å². The summed E-state index contributed by atoms with van der Waals surface area (Å²) in [6.45, 7) is 2.30. The van der Waals surface area contributed by atoms with Gasteiger partial charge in [0.1, 0.15) is 0 Å². The van der Waals surface area contributed by atoms with Gasteiger partial charge in [-0.2, -0.15) is 0 Å². The molecular formula is C15H25NO2. The standard InChI is InChI=1S/C15H25NO2/c1-2-18-15(17)16-14-11-7-6-10-13(14)12-8-4-3-5-9-12/h8,13-14H,2-7,9-11H2,1H3,(H,16,17). The molecule has 2 unspecified atom stereocenters. The van der Waals surface area contributed by atoms with E-state index in [4.69, 9.17) is 4.74 Å². The van der Waals surface area contributed by atoms with Crippen LogP contribution in [0.2, 0.25) is 0 Å². The van der Waals surface area contributed by atoms with Crippen molar-refractivity contribution in [1.29, 1.82) is 0 Å². The maximum absolute atomic E-state index is 11.6. The van der Waals surface area contributed by atoms with Crippen molar-refractivity contribution < 1.29 is 9.53 Å². The highest BCUT2D eigenvalue weighted by atomic mass is 16.5. The molecule has 2 aliphatic carbocycles. The molecule has 1 fully saturated rings. The third-order valence-electron chi connectivity index (χ3n) is 4.15. The van der Waals surface area contributed by atoms with Gasteiger partial charge in [-0.05, 0) is 45.4 Å². The first-order valence-electron chi connectivity index (χ1n) is 7.43. The monoisotopic (exact) mass is 251 g/mol. The van der Waals surface area contributed by atoms with Crippen molar-refractivity contribution in [3.63, 3.8) is 0 Å². The number of amides is 1. The van der Waals surface area contributed by atoms with E-state index in [2.05, 4.69) is 11.4 Å². The molecule has 102 valence electrons. The molecule has 0 aromatic rings. The highest BCUT2D eigenvalue weighted by Gasteiger charge is 2.29. The maximum atomic E-state index is 11.6. The minimum absolute atomic E-state index is 0.245. The van der Waals surface area contributed by atoms with Gasteiger partial charge in [-0.1, -0.05) is 24.5 Å². The molecule has 2 atom stereocenters. The van der Waals surface area contributed by atoms with Crippen LogP contribution in [-0.2, 0) is 4.74 Å². The number of allylic oxidation sites excluding steroid dienone is 1. The summed E-state index contributed by atoms with van der Waals surface area (Å²) in [4.78, 5) is 11.6. The van der Waals surface area contributed by atoms with E-state index >= 15 is 0 Å². The Morgan fingerprint density at radius 3 is 2.89 bits per heavy atom. The fourth-order valence-corrected chi connectivity index (χ4v) is 3.27. The number of nitrogens with one attached hydrogen (secondary N) is 1. The summed E-state index contributed by atoms with van der Waals surface area (Å²) in [6.07, 6.45) is 12.1. The second-order valence-electron chi connectivity index (χ2n) is 5.39. The van der Waals surface area contributed by atoms with Crippen LogP contribution in [0.1, 0.15) is 58.3 Å². The van der Waals surface area contributed by atoms with Gasteiger partial charge in [0.2, 0.25) is 0 Å². The van der Waals surface area contributed by atoms with E-state index in [9.17, 15) is 4.79 Å². The smallest absolute Gasteiger partial charge is 0.407 e. The van der Waals surface area contributed by atoms with Crippen molar-refractivity contribution in [2.75, 3.05) is 6.61 Å². The summed E-state index contributed by atoms with van der Waals surface area (Å²) in [5.41, 5.74) is 1.59. The topological polar surface area (TPSA) is 38.3 Å². The number of ether oxygens (including phenoxy) is 1. The van der Waals surface area contributed by atoms with E-state index in [0.29, 0.717) is 18.6 Å². The molecule has 1 N–H and O–H groups in total. The first kappa shape index (κ1) is 13.4. The number of hydrogen-bond acceptors (Lipinski definition) is 2. The average molecular weight is 251 g/mol. The molecule has 2 rings (SSSR count). The number of hydrogen-bond donors (Lipinski definition) is 1. The fourth-order valence-electron chi connectivity index (χ4n) is 3.27. The summed E-state index contributed by atoms with van der Waals surface area (Å²) in [7, 11) is 0. The molecule has 0 aliphatic heterocycles. The summed E-state index contributed by atoms with van der Waals surface area (Å²) in [5.74, 6) is 0.559. The Labute approximate surface area is 110 Å². The van der Waals surface area contributed by atoms with Gasteiger partial charge in [0.05, 0.1) is 6.61 Å². The summed E-state index contributed by atoms with van der Waals surface area (Å²) >= 11 is 0. The van der Waals surface area contributed by atoms with Crippen LogP contribution in [0.3, 0.4) is 0 Å². The first-order chi connectivity index (χ1) is 8.81. The van der Waals surface area contributed by atoms with Crippen molar-refractivity contribution in [2.45, 2.75) is 64.3 Å². The fraction of sp³-hybridized carbons (Fsp3) is 0.800. The van der Waals surface area contributed by atoms with E-state index in [-0.39, 0.29) is 6.09 Å². The molecule has 0 radical (unpaired) electrons. The first-order valence-corrected chi connectivity index (χ1v) is 7.43. The summed E-state index contributed by atoms with van der Waals surface area (Å²) in [6, 6.07) is 0.294. The van der Waals surface area contributed by atoms with Gasteiger partial charge in [-0.15, -0.1) is 0 Å². The Bertz CT molecular complexity index is 312. The van der Waals surface area contributed by atoms with E-state index in [1.54, 1.807) is 5.57 Å². The molecule has 0 aromatic carbocycles. The molecule has 0 spiro atoms. The number of rotatable bonds is 3. The van der Waals surface area contributed by atoms with Crippen molar-refractivity contribution in [3.05, 3.63) is 11.6 Å². The third kappa shape index (κ3) is 3.50. The zero-order valence-corrected chi connectivity index (χ0v) is 11.4. The van der Waals surface area contributed by atoms with Crippen LogP contribution in [0, 0.1) is 5.92 Å². The Morgan fingerprint density at radius 2 is 2.17 bits per heavy atom. The van der Waals surface area contributed by atoms with Gasteiger partial charge >= 0.3 is 6.09 Å². The SMILES string of the molecule is CCOC(=O)NC1CCCCC1C1=CCCCC1. The van der Waals surface area contributed by atoms with Crippen molar-refractivity contribution in [1.82, 2.24) is 5.32 Å². The van der Waals surface area contributed by atoms with E-state index in [1.165, 1.54) is 44.9 Å². The highest BCUT2D eigenvalue weighted by Crippen LogP contribution is 2.35. The Balaban J connectivity index is 1.96. The maximum Gasteiger partial charge on any atom is 0.407 e. The molecular weight excluding hydrogens is 226 g/mol. The summed E-state index contributed by atoms with van der Waals surface area (Å²) in [5, 5.41) is 3.07. The van der Waals surface area contributed by atoms with Gasteiger partial charge in [-0.25, -0.2) is 4.79 Å². The second-order valence-corrected chi connectivity index (χ2v) is 5.39. The Morgan fingerprint density at radius 1 is 1.33 bits per heavy atom. The molecule has 0 aromatic heterocycles. The normalized spacial score (nSPS) is 28.4. The third-order valence-corrected chi connectivity index (χ3v) is 4.15. The molecule has 0 saturated heterocycles. The minimum atomic E-state index is -0.245. The Hall–Kier alpha value is -0.990. The zero-order chi connectivity index (χ0) is 12.8. The van der Waals surface area contributed by atoms with Gasteiger partial charge < -0.3 is 10.1 Å². The van der Waals surface area contributed by atoms with Crippen molar-refractivity contribution >= 4 is 6.09 Å². The Kier molecular flexibility index (Phi) is 5.09. The van der Waals surface area contributed by atoms with Crippen molar-refractivity contribution in [3.8, 4) is 0 Å². The molecule has 0 heterocycles. The van der Waals surface area contributed by atoms with Crippen LogP contribution in [-0.4, -0.2) is 18.7 Å². The lowest BCUT2D eigenvalue weighted by Gasteiger charge is -2.34. The van der Waals surface area contributed by atoms with Gasteiger partial charge in [0.15, 0.2) is 0 Å². The average Bonchev–Trinajstić information content (AvgIpc) is 2.40. The largest absolute Gasteiger partial charge is 0.450 e. The zero-order valence-electron chi connectivity index (χ0n) is 11.4. The highest BCUT2D eigenvalue weighted by molar-refractivity contribution is 5.67. The number of alkyl carbamates (subject to hydrolysis) is 1.